The van der Waals surface area contributed by atoms with Crippen LogP contribution in [0.25, 0.3) is 0 Å². The van der Waals surface area contributed by atoms with Gasteiger partial charge in [0.2, 0.25) is 0 Å². The van der Waals surface area contributed by atoms with Crippen molar-refractivity contribution in [2.24, 2.45) is 11.8 Å². The summed E-state index contributed by atoms with van der Waals surface area (Å²) in [5, 5.41) is 10.5. The van der Waals surface area contributed by atoms with Crippen LogP contribution in [0.2, 0.25) is 0 Å². The van der Waals surface area contributed by atoms with Crippen molar-refractivity contribution in [2.45, 2.75) is 347 Å². The molecule has 1 N–H and O–H groups in total. The van der Waals surface area contributed by atoms with Gasteiger partial charge in [0.25, 0.3) is 0 Å². The molecule has 0 radical (unpaired) electrons. The van der Waals surface area contributed by atoms with E-state index in [2.05, 4.69) is 20.8 Å². The van der Waals surface area contributed by atoms with Crippen molar-refractivity contribution in [1.82, 2.24) is 0 Å². The Balaban J connectivity index is 2.66. The third-order valence-electron chi connectivity index (χ3n) is 15.2. The molecule has 0 aliphatic carbocycles. The van der Waals surface area contributed by atoms with Gasteiger partial charge in [0.05, 0.1) is 18.4 Å². The van der Waals surface area contributed by atoms with Gasteiger partial charge in [-0.1, -0.05) is 290 Å². The summed E-state index contributed by atoms with van der Waals surface area (Å²) in [6, 6.07) is 0. The fraction of sp³-hybridized carbons (Fsp3) is 0.951. The van der Waals surface area contributed by atoms with Crippen molar-refractivity contribution >= 4 is 17.5 Å². The number of ether oxygens (including phenoxy) is 3. The largest absolute Gasteiger partial charge is 0.459 e. The second-order valence-corrected chi connectivity index (χ2v) is 21.5. The lowest BCUT2D eigenvalue weighted by molar-refractivity contribution is -0.262. The van der Waals surface area contributed by atoms with E-state index in [1.54, 1.807) is 0 Å². The van der Waals surface area contributed by atoms with Gasteiger partial charge in [-0.25, -0.2) is 0 Å². The van der Waals surface area contributed by atoms with Crippen LogP contribution >= 0.6 is 0 Å². The number of rotatable bonds is 53. The number of Topliss-reactive ketones (excluding diaryl/α,β-unsaturated/α-hetero) is 2. The van der Waals surface area contributed by atoms with E-state index in [-0.39, 0.29) is 24.0 Å². The van der Waals surface area contributed by atoms with Gasteiger partial charge >= 0.3 is 5.97 Å². The monoisotopic (exact) mass is 961 g/mol. The van der Waals surface area contributed by atoms with Gasteiger partial charge < -0.3 is 19.3 Å². The predicted octanol–water partition coefficient (Wildman–Crippen LogP) is 18.4. The van der Waals surface area contributed by atoms with E-state index in [1.807, 2.05) is 0 Å². The molecular formula is C61H116O7. The molecule has 0 spiro atoms. The Labute approximate surface area is 422 Å². The molecule has 0 saturated carbocycles. The molecular weight excluding hydrogens is 845 g/mol. The third-order valence-corrected chi connectivity index (χ3v) is 15.2. The lowest BCUT2D eigenvalue weighted by Crippen LogP contribution is -2.59. The molecule has 1 aliphatic heterocycles. The fourth-order valence-electron chi connectivity index (χ4n) is 10.7. The highest BCUT2D eigenvalue weighted by Crippen LogP contribution is 2.37. The van der Waals surface area contributed by atoms with Crippen LogP contribution in [0.3, 0.4) is 0 Å². The zero-order valence-electron chi connectivity index (χ0n) is 45.9. The van der Waals surface area contributed by atoms with Crippen LogP contribution < -0.4 is 0 Å². The minimum atomic E-state index is -1.01. The minimum absolute atomic E-state index is 0.0544. The number of aliphatic hydroxyl groups is 1. The zero-order valence-corrected chi connectivity index (χ0v) is 45.9. The van der Waals surface area contributed by atoms with Gasteiger partial charge in [-0.2, -0.15) is 0 Å². The van der Waals surface area contributed by atoms with Crippen molar-refractivity contribution in [1.29, 1.82) is 0 Å². The number of methoxy groups -OCH3 is 1. The van der Waals surface area contributed by atoms with E-state index in [1.165, 1.54) is 238 Å². The van der Waals surface area contributed by atoms with Crippen molar-refractivity contribution in [2.75, 3.05) is 13.7 Å². The first-order chi connectivity index (χ1) is 33.4. The van der Waals surface area contributed by atoms with Gasteiger partial charge in [0.1, 0.15) is 23.8 Å². The van der Waals surface area contributed by atoms with E-state index in [0.717, 1.165) is 57.8 Å². The van der Waals surface area contributed by atoms with Crippen molar-refractivity contribution < 1.29 is 33.7 Å². The first-order valence-electron chi connectivity index (χ1n) is 30.5. The van der Waals surface area contributed by atoms with Crippen LogP contribution in [0.15, 0.2) is 0 Å². The van der Waals surface area contributed by atoms with Crippen LogP contribution in [-0.4, -0.2) is 54.9 Å². The van der Waals surface area contributed by atoms with E-state index in [0.29, 0.717) is 12.8 Å². The molecule has 1 saturated heterocycles. The Morgan fingerprint density at radius 3 is 0.882 bits per heavy atom. The highest BCUT2D eigenvalue weighted by molar-refractivity contribution is 5.91. The number of carbonyl (C=O) groups excluding carboxylic acids is 3. The van der Waals surface area contributed by atoms with Crippen molar-refractivity contribution in [3.05, 3.63) is 0 Å². The molecule has 1 aliphatic rings. The summed E-state index contributed by atoms with van der Waals surface area (Å²) in [6.07, 6.45) is 54.4. The van der Waals surface area contributed by atoms with E-state index in [4.69, 9.17) is 14.2 Å². The summed E-state index contributed by atoms with van der Waals surface area (Å²) in [5.74, 6) is -2.24. The molecule has 7 nitrogen and oxygen atoms in total. The second kappa shape index (κ2) is 49.3. The molecule has 0 aromatic heterocycles. The average molecular weight is 962 g/mol. The van der Waals surface area contributed by atoms with Gasteiger partial charge in [-0.15, -0.1) is 0 Å². The van der Waals surface area contributed by atoms with Gasteiger partial charge in [0, 0.05) is 26.4 Å². The Hall–Kier alpha value is -1.31. The molecule has 7 heteroatoms. The molecule has 0 amide bonds. The number of hydrogen-bond donors (Lipinski definition) is 1. The first kappa shape index (κ1) is 64.7. The molecule has 68 heavy (non-hydrogen) atoms. The molecule has 0 aromatic rings. The van der Waals surface area contributed by atoms with Gasteiger partial charge in [-0.05, 0) is 19.3 Å². The highest BCUT2D eigenvalue weighted by Gasteiger charge is 2.53. The third kappa shape index (κ3) is 35.7. The summed E-state index contributed by atoms with van der Waals surface area (Å²) < 4.78 is 18.1. The predicted molar refractivity (Wildman–Crippen MR) is 288 cm³/mol. The van der Waals surface area contributed by atoms with Crippen molar-refractivity contribution in [3.8, 4) is 0 Å². The SMILES string of the molecule is CCCCCCCCCCCCCCCCCC(=O)OC1C(CO)OC(OC)C(C(=O)CCCCCCCCCCCCCCCCC)C1C(=O)CCCCCCCCCCCCCCCCC. The lowest BCUT2D eigenvalue weighted by Gasteiger charge is -2.44. The van der Waals surface area contributed by atoms with Crippen LogP contribution in [0, 0.1) is 11.8 Å². The van der Waals surface area contributed by atoms with E-state index < -0.39 is 36.9 Å². The Kier molecular flexibility index (Phi) is 46.9. The number of carbonyl (C=O) groups is 3. The van der Waals surface area contributed by atoms with E-state index >= 15 is 0 Å². The molecule has 402 valence electrons. The Morgan fingerprint density at radius 2 is 0.618 bits per heavy atom. The quantitative estimate of drug-likeness (QED) is 0.0479. The maximum Gasteiger partial charge on any atom is 0.306 e. The Bertz CT molecular complexity index is 1110. The van der Waals surface area contributed by atoms with Gasteiger partial charge in [-0.3, -0.25) is 14.4 Å². The maximum absolute atomic E-state index is 14.3. The molecule has 0 bridgehead atoms. The summed E-state index contributed by atoms with van der Waals surface area (Å²) in [7, 11) is 1.51. The minimum Gasteiger partial charge on any atom is -0.459 e. The number of hydrogen-bond acceptors (Lipinski definition) is 7. The normalized spacial score (nSPS) is 18.3. The zero-order chi connectivity index (χ0) is 49.4. The maximum atomic E-state index is 14.3. The average Bonchev–Trinajstić information content (AvgIpc) is 3.34. The summed E-state index contributed by atoms with van der Waals surface area (Å²) in [5.41, 5.74) is 0. The van der Waals surface area contributed by atoms with Crippen LogP contribution in [0.4, 0.5) is 0 Å². The molecule has 1 fully saturated rings. The molecule has 5 atom stereocenters. The van der Waals surface area contributed by atoms with Crippen molar-refractivity contribution in [3.63, 3.8) is 0 Å². The number of unbranched alkanes of at least 4 members (excludes halogenated alkanes) is 42. The smallest absolute Gasteiger partial charge is 0.306 e. The van der Waals surface area contributed by atoms with Gasteiger partial charge in [0.15, 0.2) is 6.29 Å². The van der Waals surface area contributed by atoms with Crippen LogP contribution in [0.1, 0.15) is 329 Å². The van der Waals surface area contributed by atoms with Crippen LogP contribution in [-0.2, 0) is 28.6 Å². The number of ketones is 2. The Morgan fingerprint density at radius 1 is 0.368 bits per heavy atom. The molecule has 0 aromatic carbocycles. The highest BCUT2D eigenvalue weighted by atomic mass is 16.7. The topological polar surface area (TPSA) is 99.1 Å². The standard InChI is InChI=1S/C61H116O7/c1-5-8-11-14-17-20-23-26-29-32-35-38-41-44-47-50-54(63)58-59(55(64)51-48-45-42-39-36-33-30-27-24-21-18-15-12-9-6-2)61(66-4)67-56(53-62)60(58)68-57(65)52-49-46-43-40-37-34-31-28-25-22-19-16-13-10-7-3/h56,58-62H,5-53H2,1-4H3. The molecule has 1 rings (SSSR count). The number of aliphatic hydroxyl groups excluding tert-OH is 1. The summed E-state index contributed by atoms with van der Waals surface area (Å²) >= 11 is 0. The number of esters is 1. The van der Waals surface area contributed by atoms with E-state index in [9.17, 15) is 19.5 Å². The second-order valence-electron chi connectivity index (χ2n) is 21.5. The summed E-state index contributed by atoms with van der Waals surface area (Å²) in [4.78, 5) is 42.0. The lowest BCUT2D eigenvalue weighted by atomic mass is 9.74. The molecule has 5 unspecified atom stereocenters. The first-order valence-corrected chi connectivity index (χ1v) is 30.5. The molecule has 1 heterocycles. The van der Waals surface area contributed by atoms with Crippen LogP contribution in [0.5, 0.6) is 0 Å². The summed E-state index contributed by atoms with van der Waals surface area (Å²) in [6.45, 7) is 6.40. The fourth-order valence-corrected chi connectivity index (χ4v) is 10.7.